The van der Waals surface area contributed by atoms with Crippen LogP contribution in [0.25, 0.3) is 6.08 Å². The maximum atomic E-state index is 13.1. The first-order valence-electron chi connectivity index (χ1n) is 10.1. The Bertz CT molecular complexity index is 986. The van der Waals surface area contributed by atoms with E-state index in [9.17, 15) is 24.3 Å². The fourth-order valence-electron chi connectivity index (χ4n) is 3.43. The van der Waals surface area contributed by atoms with Crippen molar-refractivity contribution >= 4 is 29.6 Å². The van der Waals surface area contributed by atoms with Crippen molar-refractivity contribution in [2.24, 2.45) is 0 Å². The van der Waals surface area contributed by atoms with Crippen molar-refractivity contribution in [3.8, 4) is 0 Å². The molecule has 0 saturated carbocycles. The van der Waals surface area contributed by atoms with E-state index in [2.05, 4.69) is 10.6 Å². The van der Waals surface area contributed by atoms with Gasteiger partial charge in [-0.15, -0.1) is 0 Å². The van der Waals surface area contributed by atoms with Crippen LogP contribution >= 0.6 is 0 Å². The highest BCUT2D eigenvalue weighted by atomic mass is 16.4. The number of carbonyl (C=O) groups is 4. The van der Waals surface area contributed by atoms with E-state index >= 15 is 0 Å². The van der Waals surface area contributed by atoms with Crippen LogP contribution in [0, 0.1) is 0 Å². The van der Waals surface area contributed by atoms with Crippen LogP contribution in [0.15, 0.2) is 66.2 Å². The highest BCUT2D eigenvalue weighted by molar-refractivity contribution is 6.01. The van der Waals surface area contributed by atoms with E-state index in [1.54, 1.807) is 24.3 Å². The number of hydrogen-bond donors (Lipinski definition) is 3. The number of rotatable bonds is 9. The largest absolute Gasteiger partial charge is 0.478 e. The van der Waals surface area contributed by atoms with Gasteiger partial charge in [-0.3, -0.25) is 14.4 Å². The zero-order valence-electron chi connectivity index (χ0n) is 16.9. The molecule has 1 fully saturated rings. The molecule has 0 unspecified atom stereocenters. The predicted octanol–water partition coefficient (Wildman–Crippen LogP) is 2.12. The minimum absolute atomic E-state index is 0.0577. The first kappa shape index (κ1) is 22.0. The Morgan fingerprint density at radius 1 is 1.06 bits per heavy atom. The molecular formula is C24H24N2O5. The lowest BCUT2D eigenvalue weighted by atomic mass is 9.96. The van der Waals surface area contributed by atoms with Gasteiger partial charge in [0.2, 0.25) is 11.8 Å². The van der Waals surface area contributed by atoms with Gasteiger partial charge >= 0.3 is 5.97 Å². The van der Waals surface area contributed by atoms with Gasteiger partial charge in [0.15, 0.2) is 5.78 Å². The molecule has 1 aliphatic rings. The molecule has 2 amide bonds. The minimum atomic E-state index is -1.19. The van der Waals surface area contributed by atoms with Crippen molar-refractivity contribution in [3.05, 3.63) is 77.4 Å². The molecule has 3 rings (SSSR count). The number of benzene rings is 2. The van der Waals surface area contributed by atoms with Crippen molar-refractivity contribution in [1.82, 2.24) is 10.6 Å². The van der Waals surface area contributed by atoms with E-state index in [-0.39, 0.29) is 30.7 Å². The average Bonchev–Trinajstić information content (AvgIpc) is 3.20. The Kier molecular flexibility index (Phi) is 7.32. The topological polar surface area (TPSA) is 113 Å². The lowest BCUT2D eigenvalue weighted by Gasteiger charge is -2.20. The number of ketones is 1. The van der Waals surface area contributed by atoms with Gasteiger partial charge in [-0.25, -0.2) is 4.79 Å². The fourth-order valence-corrected chi connectivity index (χ4v) is 3.43. The fraction of sp³-hybridized carbons (Fsp3) is 0.250. The zero-order chi connectivity index (χ0) is 22.2. The number of carboxylic acids is 1. The molecule has 1 saturated heterocycles. The van der Waals surface area contributed by atoms with Crippen molar-refractivity contribution in [2.45, 2.75) is 37.8 Å². The van der Waals surface area contributed by atoms with E-state index in [1.807, 2.05) is 36.4 Å². The highest BCUT2D eigenvalue weighted by Crippen LogP contribution is 2.15. The predicted molar refractivity (Wildman–Crippen MR) is 115 cm³/mol. The minimum Gasteiger partial charge on any atom is -0.478 e. The molecule has 7 nitrogen and oxygen atoms in total. The second-order valence-corrected chi connectivity index (χ2v) is 7.44. The van der Waals surface area contributed by atoms with Crippen molar-refractivity contribution in [2.75, 3.05) is 0 Å². The summed E-state index contributed by atoms with van der Waals surface area (Å²) < 4.78 is 0. The van der Waals surface area contributed by atoms with Crippen LogP contribution in [0.3, 0.4) is 0 Å². The van der Waals surface area contributed by atoms with Gasteiger partial charge < -0.3 is 15.7 Å². The quantitative estimate of drug-likeness (QED) is 0.538. The molecule has 0 radical (unpaired) electrons. The summed E-state index contributed by atoms with van der Waals surface area (Å²) in [5.41, 5.74) is 1.45. The summed E-state index contributed by atoms with van der Waals surface area (Å²) in [6, 6.07) is 16.4. The lowest BCUT2D eigenvalue weighted by molar-refractivity contribution is -0.134. The van der Waals surface area contributed by atoms with Crippen molar-refractivity contribution in [3.63, 3.8) is 0 Å². The molecular weight excluding hydrogens is 396 g/mol. The second kappa shape index (κ2) is 10.3. The summed E-state index contributed by atoms with van der Waals surface area (Å²) >= 11 is 0. The number of aliphatic carboxylic acids is 1. The Morgan fingerprint density at radius 3 is 2.29 bits per heavy atom. The molecule has 0 spiro atoms. The molecule has 0 aliphatic carbocycles. The van der Waals surface area contributed by atoms with Crippen LogP contribution in [0.5, 0.6) is 0 Å². The second-order valence-electron chi connectivity index (χ2n) is 7.44. The van der Waals surface area contributed by atoms with Gasteiger partial charge in [-0.05, 0) is 30.0 Å². The third-order valence-electron chi connectivity index (χ3n) is 5.08. The van der Waals surface area contributed by atoms with Crippen LogP contribution in [0.4, 0.5) is 0 Å². The van der Waals surface area contributed by atoms with Crippen LogP contribution in [-0.2, 0) is 25.6 Å². The summed E-state index contributed by atoms with van der Waals surface area (Å²) in [6.07, 6.45) is 1.98. The summed E-state index contributed by atoms with van der Waals surface area (Å²) in [6.45, 7) is 0. The third kappa shape index (κ3) is 6.37. The Balaban J connectivity index is 1.78. The number of hydrogen-bond acceptors (Lipinski definition) is 4. The smallest absolute Gasteiger partial charge is 0.332 e. The van der Waals surface area contributed by atoms with E-state index in [0.717, 1.165) is 5.56 Å². The molecule has 0 bridgehead atoms. The van der Waals surface area contributed by atoms with Gasteiger partial charge in [-0.1, -0.05) is 60.7 Å². The summed E-state index contributed by atoms with van der Waals surface area (Å²) in [5, 5.41) is 14.9. The van der Waals surface area contributed by atoms with Gasteiger partial charge in [0.1, 0.15) is 6.04 Å². The summed E-state index contributed by atoms with van der Waals surface area (Å²) in [4.78, 5) is 48.8. The molecule has 160 valence electrons. The molecule has 7 heteroatoms. The van der Waals surface area contributed by atoms with E-state index in [1.165, 1.54) is 6.08 Å². The van der Waals surface area contributed by atoms with Crippen molar-refractivity contribution in [1.29, 1.82) is 0 Å². The average molecular weight is 420 g/mol. The highest BCUT2D eigenvalue weighted by Gasteiger charge is 2.31. The number of Topliss-reactive ketones (excluding diaryl/α,β-unsaturated/α-hetero) is 1. The number of amides is 2. The van der Waals surface area contributed by atoms with Gasteiger partial charge in [-0.2, -0.15) is 0 Å². The van der Waals surface area contributed by atoms with E-state index in [0.29, 0.717) is 12.0 Å². The van der Waals surface area contributed by atoms with Crippen molar-refractivity contribution < 1.29 is 24.3 Å². The molecule has 3 N–H and O–H groups in total. The first-order valence-corrected chi connectivity index (χ1v) is 10.1. The van der Waals surface area contributed by atoms with Crippen LogP contribution in [0.1, 0.15) is 30.4 Å². The van der Waals surface area contributed by atoms with Crippen LogP contribution < -0.4 is 10.6 Å². The standard InChI is InChI=1S/C24H24N2O5/c27-21(15-18(24(30)31)13-16-7-3-1-4-8-16)20(14-17-9-5-2-6-10-17)26-23(29)19-11-12-22(28)25-19/h1-10,13,19-20H,11-12,14-15H2,(H,25,28)(H,26,29)(H,30,31)/b18-13-/t19-,20+/m1/s1. The van der Waals surface area contributed by atoms with Gasteiger partial charge in [0.05, 0.1) is 6.04 Å². The number of carbonyl (C=O) groups excluding carboxylic acids is 3. The monoisotopic (exact) mass is 420 g/mol. The third-order valence-corrected chi connectivity index (χ3v) is 5.08. The summed E-state index contributed by atoms with van der Waals surface area (Å²) in [5.74, 6) is -2.25. The Morgan fingerprint density at radius 2 is 1.71 bits per heavy atom. The normalized spacial score (nSPS) is 17.0. The molecule has 0 aromatic heterocycles. The molecule has 1 heterocycles. The van der Waals surface area contributed by atoms with E-state index < -0.39 is 29.7 Å². The lowest BCUT2D eigenvalue weighted by Crippen LogP contribution is -2.49. The Hall–Kier alpha value is -3.74. The Labute approximate surface area is 180 Å². The first-order chi connectivity index (χ1) is 14.9. The van der Waals surface area contributed by atoms with Gasteiger partial charge in [0, 0.05) is 18.4 Å². The SMILES string of the molecule is O=C1CC[C@H](C(=O)N[C@@H](Cc2ccccc2)C(=O)C/C(=C/c2ccccc2)C(=O)O)N1. The van der Waals surface area contributed by atoms with E-state index in [4.69, 9.17) is 0 Å². The number of carboxylic acid groups (broad SMARTS) is 1. The molecule has 31 heavy (non-hydrogen) atoms. The molecule has 1 aliphatic heterocycles. The van der Waals surface area contributed by atoms with Crippen LogP contribution in [-0.4, -0.2) is 40.8 Å². The molecule has 2 aromatic carbocycles. The number of nitrogens with one attached hydrogen (secondary N) is 2. The zero-order valence-corrected chi connectivity index (χ0v) is 16.9. The maximum absolute atomic E-state index is 13.1. The molecule has 2 atom stereocenters. The maximum Gasteiger partial charge on any atom is 0.332 e. The summed E-state index contributed by atoms with van der Waals surface area (Å²) in [7, 11) is 0. The van der Waals surface area contributed by atoms with Crippen LogP contribution in [0.2, 0.25) is 0 Å². The van der Waals surface area contributed by atoms with Gasteiger partial charge in [0.25, 0.3) is 0 Å². The molecule has 2 aromatic rings.